The lowest BCUT2D eigenvalue weighted by atomic mass is 10.1. The largest absolute Gasteiger partial charge is 0.383 e. The Morgan fingerprint density at radius 2 is 1.79 bits per heavy atom. The molecule has 1 aromatic carbocycles. The van der Waals surface area contributed by atoms with E-state index in [1.807, 2.05) is 23.6 Å². The van der Waals surface area contributed by atoms with E-state index in [-0.39, 0.29) is 5.54 Å². The van der Waals surface area contributed by atoms with E-state index in [1.54, 1.807) is 12.1 Å². The van der Waals surface area contributed by atoms with Gasteiger partial charge in [0.2, 0.25) is 0 Å². The van der Waals surface area contributed by atoms with Crippen LogP contribution in [0.5, 0.6) is 0 Å². The van der Waals surface area contributed by atoms with Gasteiger partial charge in [-0.2, -0.15) is 5.26 Å². The van der Waals surface area contributed by atoms with E-state index < -0.39 is 0 Å². The first kappa shape index (κ1) is 13.2. The molecule has 98 valence electrons. The van der Waals surface area contributed by atoms with E-state index in [0.717, 1.165) is 17.1 Å². The topological polar surface area (TPSA) is 67.6 Å². The molecule has 19 heavy (non-hydrogen) atoms. The fraction of sp³-hybridized carbons (Fsp3) is 0.333. The number of benzene rings is 1. The summed E-state index contributed by atoms with van der Waals surface area (Å²) in [6.45, 7) is 8.25. The van der Waals surface area contributed by atoms with Gasteiger partial charge in [-0.05, 0) is 39.8 Å². The monoisotopic (exact) mass is 254 g/mol. The van der Waals surface area contributed by atoms with Crippen molar-refractivity contribution in [1.82, 2.24) is 9.55 Å². The number of nitriles is 1. The summed E-state index contributed by atoms with van der Waals surface area (Å²) in [5.41, 5.74) is 8.46. The van der Waals surface area contributed by atoms with Crippen LogP contribution in [0.3, 0.4) is 0 Å². The minimum atomic E-state index is -0.105. The van der Waals surface area contributed by atoms with Gasteiger partial charge >= 0.3 is 0 Å². The quantitative estimate of drug-likeness (QED) is 0.850. The van der Waals surface area contributed by atoms with Crippen molar-refractivity contribution in [2.45, 2.75) is 33.2 Å². The smallest absolute Gasteiger partial charge is 0.132 e. The molecule has 4 nitrogen and oxygen atoms in total. The van der Waals surface area contributed by atoms with Gasteiger partial charge in [0.25, 0.3) is 0 Å². The molecule has 4 heteroatoms. The van der Waals surface area contributed by atoms with E-state index in [4.69, 9.17) is 11.0 Å². The van der Waals surface area contributed by atoms with Gasteiger partial charge in [-0.3, -0.25) is 0 Å². The maximum absolute atomic E-state index is 8.81. The minimum absolute atomic E-state index is 0.105. The van der Waals surface area contributed by atoms with E-state index in [9.17, 15) is 0 Å². The van der Waals surface area contributed by atoms with Gasteiger partial charge in [0.15, 0.2) is 0 Å². The third kappa shape index (κ3) is 2.32. The van der Waals surface area contributed by atoms with Gasteiger partial charge in [0.1, 0.15) is 17.3 Å². The Bertz CT molecular complexity index is 637. The second kappa shape index (κ2) is 4.43. The molecule has 0 saturated carbocycles. The number of nitrogen functional groups attached to an aromatic ring is 1. The highest BCUT2D eigenvalue weighted by molar-refractivity contribution is 5.71. The summed E-state index contributed by atoms with van der Waals surface area (Å²) in [7, 11) is 0. The lowest BCUT2D eigenvalue weighted by Crippen LogP contribution is -2.24. The van der Waals surface area contributed by atoms with Crippen molar-refractivity contribution >= 4 is 5.82 Å². The van der Waals surface area contributed by atoms with Gasteiger partial charge in [0, 0.05) is 11.1 Å². The summed E-state index contributed by atoms with van der Waals surface area (Å²) in [5.74, 6) is 1.55. The lowest BCUT2D eigenvalue weighted by Gasteiger charge is -2.24. The Labute approximate surface area is 113 Å². The molecular formula is C15H18N4. The zero-order valence-corrected chi connectivity index (χ0v) is 11.7. The molecule has 0 aliphatic rings. The summed E-state index contributed by atoms with van der Waals surface area (Å²) in [4.78, 5) is 4.56. The van der Waals surface area contributed by atoms with Crippen molar-refractivity contribution in [2.24, 2.45) is 0 Å². The van der Waals surface area contributed by atoms with Crippen LogP contribution < -0.4 is 5.73 Å². The molecule has 0 amide bonds. The molecule has 1 heterocycles. The fourth-order valence-corrected chi connectivity index (χ4v) is 2.31. The number of anilines is 1. The average molecular weight is 254 g/mol. The molecule has 0 unspecified atom stereocenters. The third-order valence-corrected chi connectivity index (χ3v) is 3.04. The second-order valence-corrected chi connectivity index (χ2v) is 5.59. The van der Waals surface area contributed by atoms with E-state index in [0.29, 0.717) is 11.4 Å². The lowest BCUT2D eigenvalue weighted by molar-refractivity contribution is 0.393. The summed E-state index contributed by atoms with van der Waals surface area (Å²) in [6, 6.07) is 9.42. The first-order chi connectivity index (χ1) is 8.84. The molecule has 2 aromatic rings. The molecule has 0 saturated heterocycles. The minimum Gasteiger partial charge on any atom is -0.383 e. The van der Waals surface area contributed by atoms with Crippen LogP contribution in [0.25, 0.3) is 11.3 Å². The molecule has 2 rings (SSSR count). The Morgan fingerprint density at radius 3 is 2.21 bits per heavy atom. The predicted octanol–water partition coefficient (Wildman–Crippen LogP) is 3.07. The molecule has 1 aromatic heterocycles. The van der Waals surface area contributed by atoms with Gasteiger partial charge in [-0.15, -0.1) is 0 Å². The van der Waals surface area contributed by atoms with Crippen LogP contribution in [0.15, 0.2) is 24.3 Å². The van der Waals surface area contributed by atoms with Crippen LogP contribution in [-0.4, -0.2) is 9.55 Å². The van der Waals surface area contributed by atoms with Gasteiger partial charge in [0.05, 0.1) is 11.6 Å². The van der Waals surface area contributed by atoms with Gasteiger partial charge in [-0.1, -0.05) is 12.1 Å². The number of rotatable bonds is 1. The molecule has 0 aliphatic carbocycles. The molecule has 2 N–H and O–H groups in total. The summed E-state index contributed by atoms with van der Waals surface area (Å²) < 4.78 is 2.03. The standard InChI is InChI=1S/C15H18N4/c1-10-18-13(14(17)19(10)15(2,3)4)12-7-5-11(9-16)6-8-12/h5-8H,17H2,1-4H3. The Morgan fingerprint density at radius 1 is 1.21 bits per heavy atom. The predicted molar refractivity (Wildman–Crippen MR) is 76.5 cm³/mol. The van der Waals surface area contributed by atoms with Crippen LogP contribution in [0.4, 0.5) is 5.82 Å². The number of aromatic nitrogens is 2. The van der Waals surface area contributed by atoms with Gasteiger partial charge < -0.3 is 10.3 Å². The van der Waals surface area contributed by atoms with Crippen molar-refractivity contribution in [3.8, 4) is 17.3 Å². The SMILES string of the molecule is Cc1nc(-c2ccc(C#N)cc2)c(N)n1C(C)(C)C. The molecule has 0 bridgehead atoms. The van der Waals surface area contributed by atoms with Crippen LogP contribution in [-0.2, 0) is 5.54 Å². The molecule has 0 aliphatic heterocycles. The first-order valence-corrected chi connectivity index (χ1v) is 6.20. The molecule has 0 radical (unpaired) electrons. The Kier molecular flexibility index (Phi) is 3.07. The van der Waals surface area contributed by atoms with E-state index >= 15 is 0 Å². The zero-order valence-electron chi connectivity index (χ0n) is 11.7. The summed E-state index contributed by atoms with van der Waals surface area (Å²) in [6.07, 6.45) is 0. The maximum atomic E-state index is 8.81. The highest BCUT2D eigenvalue weighted by Crippen LogP contribution is 2.31. The fourth-order valence-electron chi connectivity index (χ4n) is 2.31. The van der Waals surface area contributed by atoms with E-state index in [1.165, 1.54) is 0 Å². The highest BCUT2D eigenvalue weighted by atomic mass is 15.2. The molecular weight excluding hydrogens is 236 g/mol. The number of hydrogen-bond acceptors (Lipinski definition) is 3. The molecule has 0 fully saturated rings. The summed E-state index contributed by atoms with van der Waals surface area (Å²) in [5, 5.41) is 8.81. The number of hydrogen-bond donors (Lipinski definition) is 1. The van der Waals surface area contributed by atoms with Gasteiger partial charge in [-0.25, -0.2) is 4.98 Å². The normalized spacial score (nSPS) is 11.3. The van der Waals surface area contributed by atoms with Crippen molar-refractivity contribution in [2.75, 3.05) is 5.73 Å². The van der Waals surface area contributed by atoms with Crippen LogP contribution in [0.2, 0.25) is 0 Å². The van der Waals surface area contributed by atoms with Crippen molar-refractivity contribution in [3.63, 3.8) is 0 Å². The van der Waals surface area contributed by atoms with Crippen molar-refractivity contribution in [1.29, 1.82) is 5.26 Å². The number of nitrogens with two attached hydrogens (primary N) is 1. The zero-order chi connectivity index (χ0) is 14.2. The maximum Gasteiger partial charge on any atom is 0.132 e. The Balaban J connectivity index is 2.55. The van der Waals surface area contributed by atoms with Crippen molar-refractivity contribution in [3.05, 3.63) is 35.7 Å². The summed E-state index contributed by atoms with van der Waals surface area (Å²) >= 11 is 0. The van der Waals surface area contributed by atoms with Crippen molar-refractivity contribution < 1.29 is 0 Å². The third-order valence-electron chi connectivity index (χ3n) is 3.04. The Hall–Kier alpha value is -2.28. The van der Waals surface area contributed by atoms with Crippen LogP contribution >= 0.6 is 0 Å². The number of aryl methyl sites for hydroxylation is 1. The average Bonchev–Trinajstić information content (AvgIpc) is 2.64. The van der Waals surface area contributed by atoms with Crippen LogP contribution in [0, 0.1) is 18.3 Å². The van der Waals surface area contributed by atoms with E-state index in [2.05, 4.69) is 31.8 Å². The molecule has 0 atom stereocenters. The molecule has 0 spiro atoms. The second-order valence-electron chi connectivity index (χ2n) is 5.59. The number of nitrogens with zero attached hydrogens (tertiary/aromatic N) is 3. The highest BCUT2D eigenvalue weighted by Gasteiger charge is 2.22. The number of imidazole rings is 1. The first-order valence-electron chi connectivity index (χ1n) is 6.20. The van der Waals surface area contributed by atoms with Crippen LogP contribution in [0.1, 0.15) is 32.2 Å².